The molecule has 0 saturated carbocycles. The fourth-order valence-corrected chi connectivity index (χ4v) is 2.05. The Morgan fingerprint density at radius 3 is 2.67 bits per heavy atom. The van der Waals surface area contributed by atoms with E-state index < -0.39 is 0 Å². The van der Waals surface area contributed by atoms with Crippen LogP contribution in [0, 0.1) is 5.92 Å². The van der Waals surface area contributed by atoms with Crippen molar-refractivity contribution >= 4 is 12.6 Å². The predicted octanol–water partition coefficient (Wildman–Crippen LogP) is 2.74. The van der Waals surface area contributed by atoms with Crippen LogP contribution >= 0.6 is 12.6 Å². The average Bonchev–Trinajstić information content (AvgIpc) is 2.57. The van der Waals surface area contributed by atoms with Gasteiger partial charge in [0.1, 0.15) is 0 Å². The molecule has 1 radical (unpaired) electrons. The molecule has 0 aromatic carbocycles. The van der Waals surface area contributed by atoms with E-state index in [-0.39, 0.29) is 0 Å². The van der Waals surface area contributed by atoms with E-state index >= 15 is 0 Å². The van der Waals surface area contributed by atoms with Gasteiger partial charge in [-0.25, -0.2) is 0 Å². The maximum Gasteiger partial charge on any atom is 0.00369 e. The van der Waals surface area contributed by atoms with Crippen molar-refractivity contribution in [1.82, 2.24) is 5.32 Å². The molecule has 0 aliphatic carbocycles. The summed E-state index contributed by atoms with van der Waals surface area (Å²) < 4.78 is 0. The van der Waals surface area contributed by atoms with Crippen LogP contribution in [0.1, 0.15) is 38.5 Å². The molecule has 1 aliphatic rings. The Hall–Kier alpha value is 0.310. The van der Waals surface area contributed by atoms with Crippen LogP contribution < -0.4 is 5.32 Å². The van der Waals surface area contributed by atoms with Crippen molar-refractivity contribution in [2.75, 3.05) is 18.8 Å². The van der Waals surface area contributed by atoms with Crippen molar-refractivity contribution in [2.24, 2.45) is 5.92 Å². The zero-order valence-corrected chi connectivity index (χ0v) is 8.67. The monoisotopic (exact) mass is 186 g/mol. The van der Waals surface area contributed by atoms with E-state index in [1.54, 1.807) is 0 Å². The fraction of sp³-hybridized carbons (Fsp3) is 1.00. The maximum atomic E-state index is 4.90. The molecule has 71 valence electrons. The van der Waals surface area contributed by atoms with Gasteiger partial charge in [0.15, 0.2) is 0 Å². The quantitative estimate of drug-likeness (QED) is 0.629. The molecule has 1 nitrogen and oxygen atoms in total. The minimum Gasteiger partial charge on any atom is -0.316 e. The molecule has 0 aromatic heterocycles. The fourth-order valence-electron chi connectivity index (χ4n) is 1.85. The Morgan fingerprint density at radius 1 is 1.17 bits per heavy atom. The van der Waals surface area contributed by atoms with Crippen LogP contribution in [0.3, 0.4) is 0 Å². The Balaban J connectivity index is 1.81. The van der Waals surface area contributed by atoms with E-state index in [9.17, 15) is 0 Å². The lowest BCUT2D eigenvalue weighted by atomic mass is 10.0. The van der Waals surface area contributed by atoms with Gasteiger partial charge in [-0.2, -0.15) is 0 Å². The van der Waals surface area contributed by atoms with Crippen LogP contribution in [-0.2, 0) is 0 Å². The molecule has 2 heteroatoms. The molecule has 1 fully saturated rings. The molecule has 1 unspecified atom stereocenters. The smallest absolute Gasteiger partial charge is 0.00369 e. The SMILES string of the molecule is [S]CCCCCCC1CCNC1. The van der Waals surface area contributed by atoms with Gasteiger partial charge in [0.2, 0.25) is 0 Å². The van der Waals surface area contributed by atoms with Crippen LogP contribution in [-0.4, -0.2) is 18.8 Å². The third-order valence-electron chi connectivity index (χ3n) is 2.67. The summed E-state index contributed by atoms with van der Waals surface area (Å²) in [5.74, 6) is 1.93. The molecule has 0 spiro atoms. The van der Waals surface area contributed by atoms with Crippen LogP contribution in [0.5, 0.6) is 0 Å². The highest BCUT2D eigenvalue weighted by molar-refractivity contribution is 7.80. The van der Waals surface area contributed by atoms with Gasteiger partial charge in [0.25, 0.3) is 0 Å². The van der Waals surface area contributed by atoms with Crippen molar-refractivity contribution in [2.45, 2.75) is 38.5 Å². The van der Waals surface area contributed by atoms with Gasteiger partial charge in [0.05, 0.1) is 0 Å². The van der Waals surface area contributed by atoms with E-state index in [0.29, 0.717) is 0 Å². The van der Waals surface area contributed by atoms with Gasteiger partial charge in [-0.1, -0.05) is 31.9 Å². The zero-order valence-electron chi connectivity index (χ0n) is 7.85. The molecule has 0 aromatic rings. The highest BCUT2D eigenvalue weighted by atomic mass is 32.1. The normalized spacial score (nSPS) is 23.2. The predicted molar refractivity (Wildman–Crippen MR) is 56.5 cm³/mol. The topological polar surface area (TPSA) is 12.0 Å². The second kappa shape index (κ2) is 6.79. The number of rotatable bonds is 6. The van der Waals surface area contributed by atoms with E-state index in [1.807, 2.05) is 0 Å². The van der Waals surface area contributed by atoms with Crippen LogP contribution in [0.25, 0.3) is 0 Å². The third kappa shape index (κ3) is 4.36. The first-order valence-electron chi connectivity index (χ1n) is 5.22. The molecule has 1 aliphatic heterocycles. The zero-order chi connectivity index (χ0) is 8.65. The summed E-state index contributed by atoms with van der Waals surface area (Å²) in [5.41, 5.74) is 0. The van der Waals surface area contributed by atoms with Gasteiger partial charge >= 0.3 is 0 Å². The third-order valence-corrected chi connectivity index (χ3v) is 2.96. The molecule has 1 rings (SSSR count). The molecule has 0 bridgehead atoms. The van der Waals surface area contributed by atoms with Crippen LogP contribution in [0.2, 0.25) is 0 Å². The molecular weight excluding hydrogens is 166 g/mol. The number of nitrogens with one attached hydrogen (secondary N) is 1. The summed E-state index contributed by atoms with van der Waals surface area (Å²) in [5, 5.41) is 3.41. The van der Waals surface area contributed by atoms with Gasteiger partial charge in [0, 0.05) is 5.75 Å². The molecule has 12 heavy (non-hydrogen) atoms. The van der Waals surface area contributed by atoms with Gasteiger partial charge in [-0.15, -0.1) is 0 Å². The Kier molecular flexibility index (Phi) is 5.88. The highest BCUT2D eigenvalue weighted by Gasteiger charge is 2.12. The van der Waals surface area contributed by atoms with Crippen LogP contribution in [0.15, 0.2) is 0 Å². The summed E-state index contributed by atoms with van der Waals surface area (Å²) in [4.78, 5) is 0. The lowest BCUT2D eigenvalue weighted by Crippen LogP contribution is -2.08. The molecule has 1 atom stereocenters. The largest absolute Gasteiger partial charge is 0.316 e. The van der Waals surface area contributed by atoms with Crippen molar-refractivity contribution in [3.63, 3.8) is 0 Å². The van der Waals surface area contributed by atoms with E-state index in [0.717, 1.165) is 11.7 Å². The minimum absolute atomic E-state index is 0.949. The highest BCUT2D eigenvalue weighted by Crippen LogP contribution is 2.16. The Labute approximate surface area is 81.7 Å². The first-order chi connectivity index (χ1) is 5.93. The van der Waals surface area contributed by atoms with Gasteiger partial charge in [-0.3, -0.25) is 0 Å². The number of hydrogen-bond donors (Lipinski definition) is 1. The minimum atomic E-state index is 0.949. The summed E-state index contributed by atoms with van der Waals surface area (Å²) >= 11 is 4.90. The average molecular weight is 186 g/mol. The second-order valence-corrected chi connectivity index (χ2v) is 4.17. The molecule has 1 heterocycles. The molecular formula is C10H20NS. The Bertz CT molecular complexity index is 100. The van der Waals surface area contributed by atoms with Crippen molar-refractivity contribution in [3.05, 3.63) is 0 Å². The standard InChI is InChI=1S/C10H20NS/c12-8-4-2-1-3-5-10-6-7-11-9-10/h10-11H,1-9H2. The number of hydrogen-bond acceptors (Lipinski definition) is 1. The van der Waals surface area contributed by atoms with Crippen molar-refractivity contribution in [3.8, 4) is 0 Å². The van der Waals surface area contributed by atoms with E-state index in [4.69, 9.17) is 12.6 Å². The Morgan fingerprint density at radius 2 is 2.00 bits per heavy atom. The first kappa shape index (κ1) is 10.4. The summed E-state index contributed by atoms with van der Waals surface area (Å²) in [6, 6.07) is 0. The lowest BCUT2D eigenvalue weighted by molar-refractivity contribution is 0.489. The second-order valence-electron chi connectivity index (χ2n) is 3.77. The first-order valence-corrected chi connectivity index (χ1v) is 5.80. The van der Waals surface area contributed by atoms with E-state index in [1.165, 1.54) is 51.6 Å². The van der Waals surface area contributed by atoms with Gasteiger partial charge in [-0.05, 0) is 38.3 Å². The summed E-state index contributed by atoms with van der Waals surface area (Å²) in [6.07, 6.45) is 8.25. The number of unbranched alkanes of at least 4 members (excludes halogenated alkanes) is 3. The molecule has 1 N–H and O–H groups in total. The van der Waals surface area contributed by atoms with Gasteiger partial charge < -0.3 is 5.32 Å². The van der Waals surface area contributed by atoms with Crippen molar-refractivity contribution in [1.29, 1.82) is 0 Å². The molecule has 1 saturated heterocycles. The summed E-state index contributed by atoms with van der Waals surface area (Å²) in [6.45, 7) is 2.51. The lowest BCUT2D eigenvalue weighted by Gasteiger charge is -2.06. The summed E-state index contributed by atoms with van der Waals surface area (Å²) in [7, 11) is 0. The molecule has 0 amide bonds. The van der Waals surface area contributed by atoms with E-state index in [2.05, 4.69) is 5.32 Å². The maximum absolute atomic E-state index is 4.90. The van der Waals surface area contributed by atoms with Crippen molar-refractivity contribution < 1.29 is 0 Å². The van der Waals surface area contributed by atoms with Crippen LogP contribution in [0.4, 0.5) is 0 Å².